The van der Waals surface area contributed by atoms with E-state index >= 15 is 0 Å². The molecule has 1 N–H and O–H groups in total. The minimum atomic E-state index is -3.84. The Morgan fingerprint density at radius 1 is 1.04 bits per heavy atom. The third kappa shape index (κ3) is 5.76. The Morgan fingerprint density at radius 2 is 1.52 bits per heavy atom. The van der Waals surface area contributed by atoms with Gasteiger partial charge in [0.05, 0.1) is 6.61 Å². The fourth-order valence-electron chi connectivity index (χ4n) is 2.54. The summed E-state index contributed by atoms with van der Waals surface area (Å²) in [4.78, 5) is 20.6. The molecule has 0 heterocycles. The maximum Gasteiger partial charge on any atom is 0.335 e. The molecule has 2 rings (SSSR count). The molecule has 0 amide bonds. The quantitative estimate of drug-likeness (QED) is 0.742. The maximum absolute atomic E-state index is 11.8. The van der Waals surface area contributed by atoms with E-state index in [0.717, 1.165) is 11.1 Å². The first kappa shape index (κ1) is 17.6. The summed E-state index contributed by atoms with van der Waals surface area (Å²) in [6, 6.07) is 19.9. The molecule has 0 fully saturated rings. The zero-order valence-corrected chi connectivity index (χ0v) is 14.0. The van der Waals surface area contributed by atoms with Crippen LogP contribution in [0.2, 0.25) is 0 Å². The third-order valence-electron chi connectivity index (χ3n) is 3.53. The molecule has 0 saturated carbocycles. The summed E-state index contributed by atoms with van der Waals surface area (Å²) in [7, 11) is -3.84. The molecule has 0 saturated heterocycles. The van der Waals surface area contributed by atoms with Crippen molar-refractivity contribution < 1.29 is 18.8 Å². The van der Waals surface area contributed by atoms with Crippen LogP contribution in [0.3, 0.4) is 0 Å². The zero-order chi connectivity index (χ0) is 16.7. The van der Waals surface area contributed by atoms with Crippen LogP contribution in [0, 0.1) is 0 Å². The van der Waals surface area contributed by atoms with Gasteiger partial charge in [0.25, 0.3) is 0 Å². The summed E-state index contributed by atoms with van der Waals surface area (Å²) in [5, 5.41) is 0. The van der Waals surface area contributed by atoms with Crippen molar-refractivity contribution in [3.8, 4) is 0 Å². The van der Waals surface area contributed by atoms with Gasteiger partial charge in [0.2, 0.25) is 0 Å². The standard InChI is InChI=1S/C18H21O4P/c1-15(19)14-23(20,21)22-13-12-18(16-8-4-2-5-9-16)17-10-6-3-7-11-17/h2-11,18H,12-14H2,1H3,(H,20,21). The van der Waals surface area contributed by atoms with Crippen LogP contribution in [0.15, 0.2) is 60.7 Å². The normalized spacial score (nSPS) is 13.7. The molecule has 4 nitrogen and oxygen atoms in total. The highest BCUT2D eigenvalue weighted by Crippen LogP contribution is 2.42. The molecule has 0 spiro atoms. The first-order chi connectivity index (χ1) is 11.0. The van der Waals surface area contributed by atoms with E-state index in [1.807, 2.05) is 60.7 Å². The van der Waals surface area contributed by atoms with Crippen LogP contribution in [-0.2, 0) is 13.9 Å². The van der Waals surface area contributed by atoms with E-state index in [0.29, 0.717) is 6.42 Å². The number of carbonyl (C=O) groups is 1. The average Bonchev–Trinajstić information content (AvgIpc) is 2.52. The van der Waals surface area contributed by atoms with Gasteiger partial charge in [-0.05, 0) is 24.5 Å². The van der Waals surface area contributed by atoms with Gasteiger partial charge in [0.15, 0.2) is 0 Å². The molecule has 0 aliphatic carbocycles. The van der Waals surface area contributed by atoms with Crippen LogP contribution >= 0.6 is 7.60 Å². The van der Waals surface area contributed by atoms with Crippen LogP contribution in [-0.4, -0.2) is 23.4 Å². The van der Waals surface area contributed by atoms with Crippen LogP contribution < -0.4 is 0 Å². The van der Waals surface area contributed by atoms with Crippen molar-refractivity contribution in [1.29, 1.82) is 0 Å². The van der Waals surface area contributed by atoms with Gasteiger partial charge in [0.1, 0.15) is 11.9 Å². The summed E-state index contributed by atoms with van der Waals surface area (Å²) in [5.74, 6) is -0.270. The Labute approximate surface area is 136 Å². The summed E-state index contributed by atoms with van der Waals surface area (Å²) in [6.45, 7) is 1.40. The number of Topliss-reactive ketones (excluding diaryl/α,β-unsaturated/α-hetero) is 1. The van der Waals surface area contributed by atoms with Crippen molar-refractivity contribution in [2.24, 2.45) is 0 Å². The Kier molecular flexibility index (Phi) is 6.28. The summed E-state index contributed by atoms with van der Waals surface area (Å²) < 4.78 is 16.9. The molecule has 0 bridgehead atoms. The predicted octanol–water partition coefficient (Wildman–Crippen LogP) is 4.00. The second-order valence-corrected chi connectivity index (χ2v) is 7.34. The van der Waals surface area contributed by atoms with Gasteiger partial charge in [-0.15, -0.1) is 0 Å². The predicted molar refractivity (Wildman–Crippen MR) is 90.7 cm³/mol. The number of rotatable bonds is 8. The van der Waals surface area contributed by atoms with Crippen molar-refractivity contribution in [3.63, 3.8) is 0 Å². The van der Waals surface area contributed by atoms with Gasteiger partial charge in [-0.3, -0.25) is 9.36 Å². The van der Waals surface area contributed by atoms with E-state index in [1.165, 1.54) is 6.92 Å². The maximum atomic E-state index is 11.8. The molecule has 122 valence electrons. The van der Waals surface area contributed by atoms with E-state index in [9.17, 15) is 14.3 Å². The molecule has 0 radical (unpaired) electrons. The number of hydrogen-bond donors (Lipinski definition) is 1. The summed E-state index contributed by atoms with van der Waals surface area (Å²) >= 11 is 0. The van der Waals surface area contributed by atoms with Crippen LogP contribution in [0.5, 0.6) is 0 Å². The van der Waals surface area contributed by atoms with Gasteiger partial charge in [0, 0.05) is 5.92 Å². The largest absolute Gasteiger partial charge is 0.335 e. The van der Waals surface area contributed by atoms with Gasteiger partial charge in [-0.1, -0.05) is 60.7 Å². The first-order valence-corrected chi connectivity index (χ1v) is 9.30. The molecule has 2 aromatic carbocycles. The fraction of sp³-hybridized carbons (Fsp3) is 0.278. The smallest absolute Gasteiger partial charge is 0.324 e. The highest BCUT2D eigenvalue weighted by molar-refractivity contribution is 7.53. The van der Waals surface area contributed by atoms with Gasteiger partial charge < -0.3 is 9.42 Å². The first-order valence-electron chi connectivity index (χ1n) is 7.53. The second kappa shape index (κ2) is 8.21. The topological polar surface area (TPSA) is 63.6 Å². The molecule has 5 heteroatoms. The number of benzene rings is 2. The van der Waals surface area contributed by atoms with E-state index in [2.05, 4.69) is 0 Å². The Hall–Kier alpha value is -1.74. The fourth-order valence-corrected chi connectivity index (χ4v) is 3.58. The molecule has 0 aliphatic rings. The number of hydrogen-bond acceptors (Lipinski definition) is 3. The lowest BCUT2D eigenvalue weighted by Crippen LogP contribution is -2.08. The van der Waals surface area contributed by atoms with E-state index < -0.39 is 13.8 Å². The SMILES string of the molecule is CC(=O)CP(=O)(O)OCCC(c1ccccc1)c1ccccc1. The molecule has 0 aromatic heterocycles. The van der Waals surface area contributed by atoms with Gasteiger partial charge >= 0.3 is 7.60 Å². The zero-order valence-electron chi connectivity index (χ0n) is 13.1. The monoisotopic (exact) mass is 332 g/mol. The Bertz CT molecular complexity index is 630. The lowest BCUT2D eigenvalue weighted by molar-refractivity contribution is -0.114. The van der Waals surface area contributed by atoms with Gasteiger partial charge in [-0.25, -0.2) is 0 Å². The number of ketones is 1. The second-order valence-electron chi connectivity index (χ2n) is 5.49. The van der Waals surface area contributed by atoms with E-state index in [-0.39, 0.29) is 18.3 Å². The minimum absolute atomic E-state index is 0.0785. The molecule has 0 aliphatic heterocycles. The molecular formula is C18H21O4P. The molecular weight excluding hydrogens is 311 g/mol. The van der Waals surface area contributed by atoms with Crippen molar-refractivity contribution in [2.75, 3.05) is 12.8 Å². The Morgan fingerprint density at radius 3 is 1.96 bits per heavy atom. The van der Waals surface area contributed by atoms with E-state index in [1.54, 1.807) is 0 Å². The molecule has 2 aromatic rings. The molecule has 1 atom stereocenters. The van der Waals surface area contributed by atoms with E-state index in [4.69, 9.17) is 4.52 Å². The summed E-state index contributed by atoms with van der Waals surface area (Å²) in [6.07, 6.45) is 0.130. The number of carbonyl (C=O) groups excluding carboxylic acids is 1. The Balaban J connectivity index is 2.08. The summed E-state index contributed by atoms with van der Waals surface area (Å²) in [5.41, 5.74) is 2.25. The van der Waals surface area contributed by atoms with Crippen molar-refractivity contribution in [3.05, 3.63) is 71.8 Å². The lowest BCUT2D eigenvalue weighted by Gasteiger charge is -2.19. The van der Waals surface area contributed by atoms with Crippen molar-refractivity contribution in [2.45, 2.75) is 19.3 Å². The third-order valence-corrected chi connectivity index (χ3v) is 4.96. The van der Waals surface area contributed by atoms with Crippen LogP contribution in [0.1, 0.15) is 30.4 Å². The highest BCUT2D eigenvalue weighted by Gasteiger charge is 2.23. The van der Waals surface area contributed by atoms with Crippen LogP contribution in [0.25, 0.3) is 0 Å². The molecule has 23 heavy (non-hydrogen) atoms. The highest BCUT2D eigenvalue weighted by atomic mass is 31.2. The average molecular weight is 332 g/mol. The van der Waals surface area contributed by atoms with Gasteiger partial charge in [-0.2, -0.15) is 0 Å². The van der Waals surface area contributed by atoms with Crippen molar-refractivity contribution in [1.82, 2.24) is 0 Å². The minimum Gasteiger partial charge on any atom is -0.324 e. The van der Waals surface area contributed by atoms with Crippen LogP contribution in [0.4, 0.5) is 0 Å². The lowest BCUT2D eigenvalue weighted by atomic mass is 9.89. The van der Waals surface area contributed by atoms with Crippen molar-refractivity contribution >= 4 is 13.4 Å². The molecule has 1 unspecified atom stereocenters.